The van der Waals surface area contributed by atoms with Crippen molar-refractivity contribution < 1.29 is 14.8 Å². The van der Waals surface area contributed by atoms with Crippen LogP contribution in [0, 0.1) is 0 Å². The fourth-order valence-corrected chi connectivity index (χ4v) is 3.86. The number of hydrogen-bond donors (Lipinski definition) is 2. The van der Waals surface area contributed by atoms with E-state index < -0.39 is 17.7 Å². The van der Waals surface area contributed by atoms with E-state index in [2.05, 4.69) is 5.32 Å². The van der Waals surface area contributed by atoms with Crippen LogP contribution in [0.5, 0.6) is 0 Å². The summed E-state index contributed by atoms with van der Waals surface area (Å²) in [4.78, 5) is 29.1. The average Bonchev–Trinajstić information content (AvgIpc) is 2.87. The van der Waals surface area contributed by atoms with Crippen LogP contribution in [-0.2, 0) is 0 Å². The van der Waals surface area contributed by atoms with E-state index in [1.54, 1.807) is 41.3 Å². The van der Waals surface area contributed by atoms with Crippen molar-refractivity contribution >= 4 is 23.4 Å². The van der Waals surface area contributed by atoms with Gasteiger partial charge in [0.1, 0.15) is 0 Å². The molecule has 2 aromatic rings. The van der Waals surface area contributed by atoms with Crippen molar-refractivity contribution in [3.63, 3.8) is 0 Å². The molecular weight excluding hydrogens is 356 g/mol. The summed E-state index contributed by atoms with van der Waals surface area (Å²) in [6, 6.07) is 16.8. The summed E-state index contributed by atoms with van der Waals surface area (Å²) >= 11 is 0. The molecule has 0 radical (unpaired) electrons. The second kappa shape index (κ2) is 7.52. The highest BCUT2D eigenvalue weighted by atomic mass is 16.5. The van der Waals surface area contributed by atoms with Crippen molar-refractivity contribution in [3.8, 4) is 0 Å². The highest BCUT2D eigenvalue weighted by molar-refractivity contribution is 5.98. The number of carbonyl (C=O) groups is 2. The van der Waals surface area contributed by atoms with E-state index in [1.807, 2.05) is 52.0 Å². The summed E-state index contributed by atoms with van der Waals surface area (Å²) < 4.78 is 0. The van der Waals surface area contributed by atoms with E-state index in [4.69, 9.17) is 0 Å². The first-order valence-electron chi connectivity index (χ1n) is 9.27. The predicted molar refractivity (Wildman–Crippen MR) is 108 cm³/mol. The summed E-state index contributed by atoms with van der Waals surface area (Å²) in [5.74, 6) is 0. The number of urea groups is 2. The summed E-state index contributed by atoms with van der Waals surface area (Å²) in [7, 11) is 0. The minimum Gasteiger partial charge on any atom is -0.313 e. The number of amides is 4. The molecule has 1 fully saturated rings. The minimum atomic E-state index is -0.909. The third kappa shape index (κ3) is 3.41. The second-order valence-electron chi connectivity index (χ2n) is 7.62. The molecule has 0 saturated carbocycles. The smallest absolute Gasteiger partial charge is 0.313 e. The van der Waals surface area contributed by atoms with E-state index >= 15 is 0 Å². The van der Waals surface area contributed by atoms with Crippen LogP contribution >= 0.6 is 0 Å². The van der Waals surface area contributed by atoms with Gasteiger partial charge in [-0.1, -0.05) is 36.4 Å². The van der Waals surface area contributed by atoms with E-state index in [0.29, 0.717) is 16.4 Å². The van der Waals surface area contributed by atoms with Crippen molar-refractivity contribution in [1.29, 1.82) is 0 Å². The minimum absolute atomic E-state index is 0.107. The molecule has 1 aliphatic heterocycles. The zero-order valence-electron chi connectivity index (χ0n) is 16.5. The van der Waals surface area contributed by atoms with Gasteiger partial charge in [0.2, 0.25) is 0 Å². The third-order valence-electron chi connectivity index (χ3n) is 4.93. The molecule has 1 heterocycles. The van der Waals surface area contributed by atoms with Crippen LogP contribution in [0.4, 0.5) is 21.0 Å². The Balaban J connectivity index is 1.98. The van der Waals surface area contributed by atoms with Crippen molar-refractivity contribution in [2.24, 2.45) is 0 Å². The number of nitrogens with one attached hydrogen (secondary N) is 1. The van der Waals surface area contributed by atoms with Crippen LogP contribution in [0.1, 0.15) is 27.7 Å². The molecular formula is C21H26N4O3. The van der Waals surface area contributed by atoms with Crippen LogP contribution in [0.3, 0.4) is 0 Å². The Bertz CT molecular complexity index is 839. The lowest BCUT2D eigenvalue weighted by atomic mass is 9.98. The van der Waals surface area contributed by atoms with Gasteiger partial charge >= 0.3 is 12.1 Å². The number of benzene rings is 2. The normalized spacial score (nSPS) is 18.5. The fourth-order valence-electron chi connectivity index (χ4n) is 3.86. The molecule has 7 nitrogen and oxygen atoms in total. The van der Waals surface area contributed by atoms with Gasteiger partial charge in [-0.15, -0.1) is 0 Å². The number of para-hydroxylation sites is 2. The molecule has 0 aromatic heterocycles. The summed E-state index contributed by atoms with van der Waals surface area (Å²) in [6.07, 6.45) is -0.909. The average molecular weight is 382 g/mol. The molecule has 0 bridgehead atoms. The zero-order valence-corrected chi connectivity index (χ0v) is 16.5. The monoisotopic (exact) mass is 382 g/mol. The molecule has 148 valence electrons. The Morgan fingerprint density at radius 1 is 1.07 bits per heavy atom. The largest absolute Gasteiger partial charge is 0.347 e. The van der Waals surface area contributed by atoms with Gasteiger partial charge in [-0.3, -0.25) is 10.1 Å². The lowest BCUT2D eigenvalue weighted by molar-refractivity contribution is -0.0968. The molecule has 2 aromatic carbocycles. The van der Waals surface area contributed by atoms with Gasteiger partial charge in [0.05, 0.1) is 5.54 Å². The maximum absolute atomic E-state index is 13.2. The van der Waals surface area contributed by atoms with Gasteiger partial charge in [0.25, 0.3) is 0 Å². The zero-order chi connectivity index (χ0) is 20.5. The van der Waals surface area contributed by atoms with Gasteiger partial charge in [-0.2, -0.15) is 5.06 Å². The Morgan fingerprint density at radius 3 is 2.14 bits per heavy atom. The molecule has 0 unspecified atom stereocenters. The molecule has 7 heteroatoms. The number of nitrogens with zero attached hydrogens (tertiary/aromatic N) is 3. The number of hydroxylamine groups is 2. The van der Waals surface area contributed by atoms with Gasteiger partial charge in [0.15, 0.2) is 6.17 Å². The SMILES string of the molecule is CC(C)N1C(=O)N(c2ccccc2)[C@H](N(O)C(=O)Nc2ccccc2)C1(C)C. The Kier molecular flexibility index (Phi) is 5.29. The van der Waals surface area contributed by atoms with E-state index in [-0.39, 0.29) is 12.1 Å². The standard InChI is InChI=1S/C21H26N4O3/c1-15(2)24-20(27)23(17-13-9-6-10-14-17)18(21(24,3)4)25(28)19(26)22-16-11-7-5-8-12-16/h5-15,18,28H,1-4H3,(H,22,26)/t18-/m1/s1. The highest BCUT2D eigenvalue weighted by Crippen LogP contribution is 2.39. The van der Waals surface area contributed by atoms with Gasteiger partial charge in [0, 0.05) is 17.4 Å². The quantitative estimate of drug-likeness (QED) is 0.609. The van der Waals surface area contributed by atoms with Crippen molar-refractivity contribution in [2.75, 3.05) is 10.2 Å². The van der Waals surface area contributed by atoms with Crippen LogP contribution in [0.2, 0.25) is 0 Å². The first kappa shape index (κ1) is 19.7. The molecule has 0 spiro atoms. The van der Waals surface area contributed by atoms with Crippen LogP contribution in [0.25, 0.3) is 0 Å². The summed E-state index contributed by atoms with van der Waals surface area (Å²) in [5, 5.41) is 14.1. The molecule has 1 saturated heterocycles. The number of anilines is 2. The van der Waals surface area contributed by atoms with E-state index in [1.165, 1.54) is 4.90 Å². The molecule has 1 aliphatic rings. The Hall–Kier alpha value is -3.06. The van der Waals surface area contributed by atoms with Gasteiger partial charge in [-0.25, -0.2) is 9.59 Å². The number of rotatable bonds is 4. The lowest BCUT2D eigenvalue weighted by Crippen LogP contribution is -2.58. The molecule has 2 N–H and O–H groups in total. The maximum Gasteiger partial charge on any atom is 0.347 e. The lowest BCUT2D eigenvalue weighted by Gasteiger charge is -2.39. The highest BCUT2D eigenvalue weighted by Gasteiger charge is 2.56. The van der Waals surface area contributed by atoms with Crippen molar-refractivity contribution in [1.82, 2.24) is 9.96 Å². The summed E-state index contributed by atoms with van der Waals surface area (Å²) in [5.41, 5.74) is 0.338. The summed E-state index contributed by atoms with van der Waals surface area (Å²) in [6.45, 7) is 7.52. The number of hydrogen-bond acceptors (Lipinski definition) is 3. The third-order valence-corrected chi connectivity index (χ3v) is 4.93. The van der Waals surface area contributed by atoms with Gasteiger partial charge in [-0.05, 0) is 52.0 Å². The second-order valence-corrected chi connectivity index (χ2v) is 7.62. The Morgan fingerprint density at radius 2 is 1.61 bits per heavy atom. The molecule has 0 aliphatic carbocycles. The van der Waals surface area contributed by atoms with E-state index in [0.717, 1.165) is 0 Å². The topological polar surface area (TPSA) is 76.1 Å². The van der Waals surface area contributed by atoms with Crippen LogP contribution < -0.4 is 10.2 Å². The van der Waals surface area contributed by atoms with Crippen molar-refractivity contribution in [3.05, 3.63) is 60.7 Å². The van der Waals surface area contributed by atoms with Crippen LogP contribution in [0.15, 0.2) is 60.7 Å². The van der Waals surface area contributed by atoms with Gasteiger partial charge < -0.3 is 10.2 Å². The first-order chi connectivity index (χ1) is 13.2. The molecule has 4 amide bonds. The maximum atomic E-state index is 13.2. The van der Waals surface area contributed by atoms with Crippen molar-refractivity contribution in [2.45, 2.75) is 45.4 Å². The number of carbonyl (C=O) groups excluding carboxylic acids is 2. The predicted octanol–water partition coefficient (Wildman–Crippen LogP) is 4.37. The Labute approximate surface area is 165 Å². The van der Waals surface area contributed by atoms with E-state index in [9.17, 15) is 14.8 Å². The fraction of sp³-hybridized carbons (Fsp3) is 0.333. The molecule has 1 atom stereocenters. The first-order valence-corrected chi connectivity index (χ1v) is 9.27. The molecule has 28 heavy (non-hydrogen) atoms. The van der Waals surface area contributed by atoms with Crippen LogP contribution in [-0.4, -0.2) is 45.0 Å². The molecule has 3 rings (SSSR count).